The van der Waals surface area contributed by atoms with Crippen molar-refractivity contribution in [2.75, 3.05) is 19.5 Å². The van der Waals surface area contributed by atoms with Crippen molar-refractivity contribution in [3.05, 3.63) is 54.4 Å². The van der Waals surface area contributed by atoms with Crippen molar-refractivity contribution in [3.63, 3.8) is 0 Å². The summed E-state index contributed by atoms with van der Waals surface area (Å²) in [7, 11) is 3.31. The monoisotopic (exact) mass is 295 g/mol. The van der Waals surface area contributed by atoms with Gasteiger partial charge in [0.1, 0.15) is 23.6 Å². The van der Waals surface area contributed by atoms with Crippen molar-refractivity contribution in [1.29, 1.82) is 0 Å². The molecule has 112 valence electrons. The van der Waals surface area contributed by atoms with Crippen LogP contribution in [0.2, 0.25) is 0 Å². The first-order valence-corrected chi connectivity index (χ1v) is 6.96. The second-order valence-electron chi connectivity index (χ2n) is 4.77. The normalized spacial score (nSPS) is 10.5. The average molecular weight is 295 g/mol. The van der Waals surface area contributed by atoms with E-state index in [0.29, 0.717) is 6.54 Å². The molecule has 2 aromatic carbocycles. The quantitative estimate of drug-likeness (QED) is 0.783. The molecule has 5 heteroatoms. The van der Waals surface area contributed by atoms with Crippen molar-refractivity contribution >= 4 is 16.7 Å². The molecule has 0 bridgehead atoms. The molecule has 0 aliphatic heterocycles. The zero-order valence-electron chi connectivity index (χ0n) is 12.5. The molecule has 0 atom stereocenters. The Morgan fingerprint density at radius 3 is 2.68 bits per heavy atom. The zero-order valence-corrected chi connectivity index (χ0v) is 12.5. The van der Waals surface area contributed by atoms with Gasteiger partial charge in [0.15, 0.2) is 0 Å². The molecular formula is C17H17N3O2. The first kappa shape index (κ1) is 14.1. The third-order valence-corrected chi connectivity index (χ3v) is 3.48. The topological polar surface area (TPSA) is 56.3 Å². The van der Waals surface area contributed by atoms with E-state index in [0.717, 1.165) is 33.8 Å². The average Bonchev–Trinajstić information content (AvgIpc) is 2.59. The van der Waals surface area contributed by atoms with Gasteiger partial charge in [0, 0.05) is 23.6 Å². The van der Waals surface area contributed by atoms with E-state index >= 15 is 0 Å². The summed E-state index contributed by atoms with van der Waals surface area (Å²) >= 11 is 0. The van der Waals surface area contributed by atoms with Gasteiger partial charge in [-0.2, -0.15) is 0 Å². The molecule has 0 aliphatic carbocycles. The van der Waals surface area contributed by atoms with Gasteiger partial charge in [0.05, 0.1) is 19.7 Å². The molecule has 1 N–H and O–H groups in total. The number of benzene rings is 2. The van der Waals surface area contributed by atoms with Crippen molar-refractivity contribution in [2.24, 2.45) is 0 Å². The Morgan fingerprint density at radius 1 is 1.00 bits per heavy atom. The van der Waals surface area contributed by atoms with Crippen LogP contribution in [-0.4, -0.2) is 24.2 Å². The number of anilines is 1. The summed E-state index contributed by atoms with van der Waals surface area (Å²) in [6.07, 6.45) is 1.55. The first-order valence-electron chi connectivity index (χ1n) is 6.96. The number of methoxy groups -OCH3 is 2. The van der Waals surface area contributed by atoms with E-state index in [2.05, 4.69) is 15.3 Å². The molecule has 0 radical (unpaired) electrons. The molecule has 0 saturated carbocycles. The van der Waals surface area contributed by atoms with Gasteiger partial charge in [0.2, 0.25) is 0 Å². The summed E-state index contributed by atoms with van der Waals surface area (Å²) < 4.78 is 10.6. The lowest BCUT2D eigenvalue weighted by molar-refractivity contribution is 0.410. The number of aromatic nitrogens is 2. The molecule has 5 nitrogen and oxygen atoms in total. The molecule has 22 heavy (non-hydrogen) atoms. The highest BCUT2D eigenvalue weighted by molar-refractivity contribution is 5.89. The molecular weight excluding hydrogens is 278 g/mol. The summed E-state index contributed by atoms with van der Waals surface area (Å²) in [6, 6.07) is 13.7. The number of para-hydroxylation sites is 1. The molecule has 0 saturated heterocycles. The number of fused-ring (bicyclic) bond motifs is 1. The first-order chi connectivity index (χ1) is 10.8. The van der Waals surface area contributed by atoms with Gasteiger partial charge in [-0.3, -0.25) is 0 Å². The van der Waals surface area contributed by atoms with Crippen molar-refractivity contribution in [3.8, 4) is 11.5 Å². The van der Waals surface area contributed by atoms with Gasteiger partial charge in [-0.25, -0.2) is 9.97 Å². The van der Waals surface area contributed by atoms with Crippen LogP contribution in [0.4, 0.5) is 5.82 Å². The van der Waals surface area contributed by atoms with Gasteiger partial charge in [-0.1, -0.05) is 18.2 Å². The SMILES string of the molecule is COc1ccc2c(NCc3ccccc3OC)ncnc2c1. The molecule has 0 aliphatic rings. The predicted octanol–water partition coefficient (Wildman–Crippen LogP) is 3.26. The molecule has 0 spiro atoms. The van der Waals surface area contributed by atoms with E-state index in [1.807, 2.05) is 42.5 Å². The highest BCUT2D eigenvalue weighted by atomic mass is 16.5. The third-order valence-electron chi connectivity index (χ3n) is 3.48. The largest absolute Gasteiger partial charge is 0.497 e. The Labute approximate surface area is 128 Å². The summed E-state index contributed by atoms with van der Waals surface area (Å²) in [4.78, 5) is 8.61. The second kappa shape index (κ2) is 6.30. The summed E-state index contributed by atoms with van der Waals surface area (Å²) in [5.74, 6) is 2.43. The minimum Gasteiger partial charge on any atom is -0.497 e. The van der Waals surface area contributed by atoms with E-state index in [-0.39, 0.29) is 0 Å². The number of nitrogens with zero attached hydrogens (tertiary/aromatic N) is 2. The summed E-state index contributed by atoms with van der Waals surface area (Å²) in [6.45, 7) is 0.627. The Balaban J connectivity index is 1.88. The summed E-state index contributed by atoms with van der Waals surface area (Å²) in [5.41, 5.74) is 1.92. The Kier molecular flexibility index (Phi) is 4.05. The minimum atomic E-state index is 0.627. The van der Waals surface area contributed by atoms with E-state index in [4.69, 9.17) is 9.47 Å². The van der Waals surface area contributed by atoms with Crippen molar-refractivity contribution in [1.82, 2.24) is 9.97 Å². The van der Waals surface area contributed by atoms with Gasteiger partial charge in [-0.05, 0) is 18.2 Å². The van der Waals surface area contributed by atoms with E-state index in [9.17, 15) is 0 Å². The highest BCUT2D eigenvalue weighted by Gasteiger charge is 2.06. The van der Waals surface area contributed by atoms with Crippen molar-refractivity contribution < 1.29 is 9.47 Å². The van der Waals surface area contributed by atoms with E-state index in [1.54, 1.807) is 20.5 Å². The number of nitrogens with one attached hydrogen (secondary N) is 1. The molecule has 1 heterocycles. The highest BCUT2D eigenvalue weighted by Crippen LogP contribution is 2.25. The van der Waals surface area contributed by atoms with Crippen LogP contribution in [0.3, 0.4) is 0 Å². The fourth-order valence-electron chi connectivity index (χ4n) is 2.33. The van der Waals surface area contributed by atoms with Crippen LogP contribution in [0.25, 0.3) is 10.9 Å². The summed E-state index contributed by atoms with van der Waals surface area (Å²) in [5, 5.41) is 4.30. The lowest BCUT2D eigenvalue weighted by Crippen LogP contribution is -2.04. The third kappa shape index (κ3) is 2.79. The van der Waals surface area contributed by atoms with Crippen LogP contribution < -0.4 is 14.8 Å². The minimum absolute atomic E-state index is 0.627. The number of hydrogen-bond donors (Lipinski definition) is 1. The van der Waals surface area contributed by atoms with Crippen LogP contribution in [-0.2, 0) is 6.54 Å². The van der Waals surface area contributed by atoms with Crippen molar-refractivity contribution in [2.45, 2.75) is 6.54 Å². The molecule has 3 aromatic rings. The van der Waals surface area contributed by atoms with Gasteiger partial charge in [0.25, 0.3) is 0 Å². The van der Waals surface area contributed by atoms with Crippen LogP contribution in [0, 0.1) is 0 Å². The number of ether oxygens (including phenoxy) is 2. The van der Waals surface area contributed by atoms with E-state index in [1.165, 1.54) is 0 Å². The Bertz CT molecular complexity index is 790. The smallest absolute Gasteiger partial charge is 0.137 e. The second-order valence-corrected chi connectivity index (χ2v) is 4.77. The molecule has 0 unspecified atom stereocenters. The van der Waals surface area contributed by atoms with Crippen LogP contribution in [0.5, 0.6) is 11.5 Å². The van der Waals surface area contributed by atoms with Gasteiger partial charge < -0.3 is 14.8 Å². The molecule has 1 aromatic heterocycles. The Morgan fingerprint density at radius 2 is 1.86 bits per heavy atom. The fourth-order valence-corrected chi connectivity index (χ4v) is 2.33. The van der Waals surface area contributed by atoms with Crippen LogP contribution in [0.1, 0.15) is 5.56 Å². The maximum absolute atomic E-state index is 5.36. The number of hydrogen-bond acceptors (Lipinski definition) is 5. The lowest BCUT2D eigenvalue weighted by Gasteiger charge is -2.11. The fraction of sp³-hybridized carbons (Fsp3) is 0.176. The van der Waals surface area contributed by atoms with Gasteiger partial charge in [-0.15, -0.1) is 0 Å². The standard InChI is InChI=1S/C17H17N3O2/c1-21-13-7-8-14-15(9-13)19-11-20-17(14)18-10-12-5-3-4-6-16(12)22-2/h3-9,11H,10H2,1-2H3,(H,18,19,20). The van der Waals surface area contributed by atoms with Crippen LogP contribution in [0.15, 0.2) is 48.8 Å². The molecule has 0 fully saturated rings. The lowest BCUT2D eigenvalue weighted by atomic mass is 10.2. The van der Waals surface area contributed by atoms with Gasteiger partial charge >= 0.3 is 0 Å². The predicted molar refractivity (Wildman–Crippen MR) is 86.4 cm³/mol. The Hall–Kier alpha value is -2.82. The molecule has 3 rings (SSSR count). The molecule has 0 amide bonds. The maximum atomic E-state index is 5.36. The zero-order chi connectivity index (χ0) is 15.4. The maximum Gasteiger partial charge on any atom is 0.137 e. The van der Waals surface area contributed by atoms with E-state index < -0.39 is 0 Å². The van der Waals surface area contributed by atoms with Crippen LogP contribution >= 0.6 is 0 Å². The number of rotatable bonds is 5.